The summed E-state index contributed by atoms with van der Waals surface area (Å²) >= 11 is 0. The molecule has 1 heterocycles. The van der Waals surface area contributed by atoms with Crippen LogP contribution in [-0.2, 0) is 14.4 Å². The lowest BCUT2D eigenvalue weighted by Gasteiger charge is -2.41. The fourth-order valence-electron chi connectivity index (χ4n) is 4.27. The molecule has 0 radical (unpaired) electrons. The summed E-state index contributed by atoms with van der Waals surface area (Å²) in [6.07, 6.45) is 5.42. The van der Waals surface area contributed by atoms with Gasteiger partial charge in [0, 0.05) is 11.7 Å². The maximum atomic E-state index is 13.5. The van der Waals surface area contributed by atoms with Crippen molar-refractivity contribution in [2.24, 2.45) is 0 Å². The molecule has 8 heteroatoms. The smallest absolute Gasteiger partial charge is 0.322 e. The Balaban J connectivity index is 1.89. The van der Waals surface area contributed by atoms with E-state index >= 15 is 0 Å². The molecule has 0 unspecified atom stereocenters. The van der Waals surface area contributed by atoms with E-state index in [2.05, 4.69) is 16.0 Å². The van der Waals surface area contributed by atoms with Crippen molar-refractivity contribution >= 4 is 29.4 Å². The molecule has 2 fully saturated rings. The molecule has 1 aromatic rings. The van der Waals surface area contributed by atoms with Gasteiger partial charge in [0.2, 0.25) is 11.8 Å². The van der Waals surface area contributed by atoms with Crippen molar-refractivity contribution in [2.75, 3.05) is 4.90 Å². The zero-order valence-corrected chi connectivity index (χ0v) is 18.5. The van der Waals surface area contributed by atoms with E-state index < -0.39 is 29.4 Å². The van der Waals surface area contributed by atoms with Gasteiger partial charge >= 0.3 is 6.03 Å². The molecule has 168 valence electrons. The molecule has 0 aromatic heterocycles. The van der Waals surface area contributed by atoms with E-state index in [9.17, 15) is 19.2 Å². The summed E-state index contributed by atoms with van der Waals surface area (Å²) in [4.78, 5) is 51.9. The average molecular weight is 429 g/mol. The Morgan fingerprint density at radius 2 is 1.77 bits per heavy atom. The molecular formula is C23H32N4O4. The monoisotopic (exact) mass is 428 g/mol. The normalized spacial score (nSPS) is 21.1. The summed E-state index contributed by atoms with van der Waals surface area (Å²) in [6.45, 7) is 5.58. The standard InChI is InChI=1S/C23H32N4O4/c1-4-23(3,21(30)24-16-8-6-5-7-9-16)27(17-12-10-15(2)11-13-17)19(28)14-18-20(29)26-22(31)25-18/h10-13,16,18H,4-9,14H2,1-3H3,(H,24,30)(H2,25,26,29,31)/t18-,23-/m1/s1. The van der Waals surface area contributed by atoms with Crippen LogP contribution in [0, 0.1) is 6.92 Å². The highest BCUT2D eigenvalue weighted by Gasteiger charge is 2.44. The molecule has 1 saturated heterocycles. The number of hydrogen-bond acceptors (Lipinski definition) is 4. The average Bonchev–Trinajstić information content (AvgIpc) is 3.06. The number of carbonyl (C=O) groups excluding carboxylic acids is 4. The molecule has 0 bridgehead atoms. The van der Waals surface area contributed by atoms with Crippen molar-refractivity contribution in [3.8, 4) is 0 Å². The minimum absolute atomic E-state index is 0.113. The molecule has 1 aromatic carbocycles. The molecule has 5 amide bonds. The topological polar surface area (TPSA) is 108 Å². The molecule has 0 spiro atoms. The van der Waals surface area contributed by atoms with Crippen LogP contribution < -0.4 is 20.9 Å². The Bertz CT molecular complexity index is 848. The minimum Gasteiger partial charge on any atom is -0.351 e. The highest BCUT2D eigenvalue weighted by atomic mass is 16.2. The van der Waals surface area contributed by atoms with E-state index in [1.165, 1.54) is 11.3 Å². The number of amides is 5. The molecule has 1 saturated carbocycles. The zero-order valence-electron chi connectivity index (χ0n) is 18.5. The summed E-state index contributed by atoms with van der Waals surface area (Å²) in [6, 6.07) is 5.93. The number of aryl methyl sites for hydroxylation is 1. The number of hydrogen-bond donors (Lipinski definition) is 3. The number of nitrogens with one attached hydrogen (secondary N) is 3. The maximum Gasteiger partial charge on any atom is 0.322 e. The van der Waals surface area contributed by atoms with Crippen LogP contribution in [0.15, 0.2) is 24.3 Å². The van der Waals surface area contributed by atoms with Gasteiger partial charge in [-0.25, -0.2) is 4.79 Å². The van der Waals surface area contributed by atoms with Crippen molar-refractivity contribution in [2.45, 2.75) is 83.3 Å². The first-order valence-electron chi connectivity index (χ1n) is 11.1. The van der Waals surface area contributed by atoms with E-state index in [4.69, 9.17) is 0 Å². The SMILES string of the molecule is CC[C@](C)(C(=O)NC1CCCCC1)N(C(=O)C[C@H]1NC(=O)NC1=O)c1ccc(C)cc1. The fourth-order valence-corrected chi connectivity index (χ4v) is 4.27. The second-order valence-electron chi connectivity index (χ2n) is 8.72. The Morgan fingerprint density at radius 1 is 1.13 bits per heavy atom. The molecular weight excluding hydrogens is 396 g/mol. The van der Waals surface area contributed by atoms with Gasteiger partial charge in [-0.1, -0.05) is 43.9 Å². The molecule has 31 heavy (non-hydrogen) atoms. The number of nitrogens with zero attached hydrogens (tertiary/aromatic N) is 1. The molecule has 2 aliphatic rings. The van der Waals surface area contributed by atoms with Crippen LogP contribution in [0.1, 0.15) is 64.4 Å². The number of imide groups is 1. The van der Waals surface area contributed by atoms with Crippen LogP contribution in [-0.4, -0.2) is 41.4 Å². The predicted molar refractivity (Wildman–Crippen MR) is 117 cm³/mol. The number of anilines is 1. The largest absolute Gasteiger partial charge is 0.351 e. The van der Waals surface area contributed by atoms with E-state index in [1.807, 2.05) is 38.1 Å². The third-order valence-corrected chi connectivity index (χ3v) is 6.39. The Labute approximate surface area is 183 Å². The molecule has 3 N–H and O–H groups in total. The summed E-state index contributed by atoms with van der Waals surface area (Å²) in [7, 11) is 0. The van der Waals surface area contributed by atoms with Gasteiger partial charge in [-0.2, -0.15) is 0 Å². The number of urea groups is 1. The first kappa shape index (κ1) is 22.8. The van der Waals surface area contributed by atoms with Gasteiger partial charge in [-0.3, -0.25) is 24.6 Å². The van der Waals surface area contributed by atoms with E-state index in [0.717, 1.165) is 31.2 Å². The van der Waals surface area contributed by atoms with Crippen LogP contribution in [0.4, 0.5) is 10.5 Å². The predicted octanol–water partition coefficient (Wildman–Crippen LogP) is 2.54. The van der Waals surface area contributed by atoms with Crippen molar-refractivity contribution < 1.29 is 19.2 Å². The molecule has 1 aliphatic heterocycles. The van der Waals surface area contributed by atoms with Crippen LogP contribution in [0.2, 0.25) is 0 Å². The number of carbonyl (C=O) groups is 4. The van der Waals surface area contributed by atoms with Gasteiger partial charge < -0.3 is 10.6 Å². The van der Waals surface area contributed by atoms with E-state index in [0.29, 0.717) is 12.1 Å². The van der Waals surface area contributed by atoms with Crippen molar-refractivity contribution in [3.63, 3.8) is 0 Å². The van der Waals surface area contributed by atoms with E-state index in [-0.39, 0.29) is 18.4 Å². The number of rotatable bonds is 7. The molecule has 3 rings (SSSR count). The third-order valence-electron chi connectivity index (χ3n) is 6.39. The summed E-state index contributed by atoms with van der Waals surface area (Å²) < 4.78 is 0. The van der Waals surface area contributed by atoms with Crippen LogP contribution >= 0.6 is 0 Å². The maximum absolute atomic E-state index is 13.5. The lowest BCUT2D eigenvalue weighted by atomic mass is 9.90. The number of benzene rings is 1. The van der Waals surface area contributed by atoms with Crippen molar-refractivity contribution in [3.05, 3.63) is 29.8 Å². The van der Waals surface area contributed by atoms with Gasteiger partial charge in [0.15, 0.2) is 0 Å². The van der Waals surface area contributed by atoms with Crippen LogP contribution in [0.25, 0.3) is 0 Å². The Morgan fingerprint density at radius 3 is 2.32 bits per heavy atom. The fraction of sp³-hybridized carbons (Fsp3) is 0.565. The van der Waals surface area contributed by atoms with Gasteiger partial charge in [0.1, 0.15) is 11.6 Å². The van der Waals surface area contributed by atoms with Crippen molar-refractivity contribution in [1.82, 2.24) is 16.0 Å². The van der Waals surface area contributed by atoms with Gasteiger partial charge in [0.05, 0.1) is 6.42 Å². The lowest BCUT2D eigenvalue weighted by molar-refractivity contribution is -0.131. The lowest BCUT2D eigenvalue weighted by Crippen LogP contribution is -2.61. The Kier molecular flexibility index (Phi) is 6.97. The summed E-state index contributed by atoms with van der Waals surface area (Å²) in [5.74, 6) is -1.13. The molecule has 1 aliphatic carbocycles. The first-order chi connectivity index (χ1) is 14.7. The van der Waals surface area contributed by atoms with Gasteiger partial charge in [-0.15, -0.1) is 0 Å². The Hall–Kier alpha value is -2.90. The van der Waals surface area contributed by atoms with Crippen LogP contribution in [0.5, 0.6) is 0 Å². The molecule has 8 nitrogen and oxygen atoms in total. The van der Waals surface area contributed by atoms with Gasteiger partial charge in [-0.05, 0) is 45.2 Å². The quantitative estimate of drug-likeness (QED) is 0.580. The zero-order chi connectivity index (χ0) is 22.6. The minimum atomic E-state index is -1.14. The highest BCUT2D eigenvalue weighted by Crippen LogP contribution is 2.30. The highest BCUT2D eigenvalue weighted by molar-refractivity contribution is 6.09. The first-order valence-corrected chi connectivity index (χ1v) is 11.1. The third kappa shape index (κ3) is 5.06. The van der Waals surface area contributed by atoms with Gasteiger partial charge in [0.25, 0.3) is 5.91 Å². The van der Waals surface area contributed by atoms with E-state index in [1.54, 1.807) is 6.92 Å². The van der Waals surface area contributed by atoms with Crippen LogP contribution in [0.3, 0.4) is 0 Å². The summed E-state index contributed by atoms with van der Waals surface area (Å²) in [5.41, 5.74) is 0.481. The second kappa shape index (κ2) is 9.49. The van der Waals surface area contributed by atoms with Crippen molar-refractivity contribution in [1.29, 1.82) is 0 Å². The second-order valence-corrected chi connectivity index (χ2v) is 8.72. The molecule has 2 atom stereocenters. The summed E-state index contributed by atoms with van der Waals surface area (Å²) in [5, 5.41) is 7.77.